The lowest BCUT2D eigenvalue weighted by Crippen LogP contribution is -1.93. The first kappa shape index (κ1) is 14.6. The van der Waals surface area contributed by atoms with E-state index >= 15 is 0 Å². The summed E-state index contributed by atoms with van der Waals surface area (Å²) in [6.07, 6.45) is 1.80. The second-order valence-corrected chi connectivity index (χ2v) is 6.43. The molecule has 0 aliphatic rings. The number of aromatic nitrogens is 2. The number of aryl methyl sites for hydroxylation is 3. The molecule has 24 heavy (non-hydrogen) atoms. The summed E-state index contributed by atoms with van der Waals surface area (Å²) in [7, 11) is 1.78. The third-order valence-corrected chi connectivity index (χ3v) is 4.49. The van der Waals surface area contributed by atoms with Crippen LogP contribution in [0.25, 0.3) is 32.9 Å². The number of fused-ring (bicyclic) bond motifs is 2. The number of benzene rings is 2. The van der Waals surface area contributed by atoms with Gasteiger partial charge in [-0.25, -0.2) is 4.98 Å². The predicted octanol–water partition coefficient (Wildman–Crippen LogP) is 4.30. The van der Waals surface area contributed by atoms with Gasteiger partial charge < -0.3 is 15.4 Å². The quantitative estimate of drug-likeness (QED) is 0.550. The molecule has 2 aromatic heterocycles. The molecule has 0 unspecified atom stereocenters. The highest BCUT2D eigenvalue weighted by molar-refractivity contribution is 6.12. The predicted molar refractivity (Wildman–Crippen MR) is 99.2 cm³/mol. The van der Waals surface area contributed by atoms with Crippen molar-refractivity contribution in [2.75, 3.05) is 5.73 Å². The summed E-state index contributed by atoms with van der Waals surface area (Å²) >= 11 is 0. The second-order valence-electron chi connectivity index (χ2n) is 6.43. The molecule has 2 heterocycles. The molecule has 0 atom stereocenters. The first-order chi connectivity index (χ1) is 11.5. The van der Waals surface area contributed by atoms with Crippen LogP contribution in [-0.4, -0.2) is 14.7 Å². The van der Waals surface area contributed by atoms with Crippen molar-refractivity contribution in [3.63, 3.8) is 0 Å². The minimum absolute atomic E-state index is 0.147. The Morgan fingerprint density at radius 2 is 1.79 bits per heavy atom. The molecule has 0 saturated carbocycles. The van der Waals surface area contributed by atoms with Gasteiger partial charge >= 0.3 is 0 Å². The van der Waals surface area contributed by atoms with Gasteiger partial charge in [0.2, 0.25) is 5.88 Å². The summed E-state index contributed by atoms with van der Waals surface area (Å²) in [5, 5.41) is 11.7. The molecule has 0 radical (unpaired) electrons. The van der Waals surface area contributed by atoms with Crippen molar-refractivity contribution in [1.82, 2.24) is 9.55 Å². The molecule has 3 N–H and O–H groups in total. The van der Waals surface area contributed by atoms with E-state index in [0.717, 1.165) is 22.0 Å². The number of para-hydroxylation sites is 1. The molecule has 2 aromatic carbocycles. The van der Waals surface area contributed by atoms with Gasteiger partial charge in [0, 0.05) is 24.2 Å². The average molecular weight is 317 g/mol. The number of aromatic hydroxyl groups is 1. The van der Waals surface area contributed by atoms with Crippen molar-refractivity contribution in [3.8, 4) is 17.0 Å². The van der Waals surface area contributed by atoms with Crippen LogP contribution in [0.4, 0.5) is 5.69 Å². The average Bonchev–Trinajstić information content (AvgIpc) is 2.81. The number of rotatable bonds is 1. The summed E-state index contributed by atoms with van der Waals surface area (Å²) in [6.45, 7) is 4.19. The van der Waals surface area contributed by atoms with Crippen molar-refractivity contribution in [2.24, 2.45) is 7.05 Å². The molecule has 4 rings (SSSR count). The molecule has 4 aromatic rings. The summed E-state index contributed by atoms with van der Waals surface area (Å²) < 4.78 is 1.64. The highest BCUT2D eigenvalue weighted by atomic mass is 16.3. The minimum atomic E-state index is 0.147. The lowest BCUT2D eigenvalue weighted by Gasteiger charge is -2.11. The molecular weight excluding hydrogens is 298 g/mol. The maximum atomic E-state index is 10.2. The van der Waals surface area contributed by atoms with Gasteiger partial charge in [-0.15, -0.1) is 0 Å². The van der Waals surface area contributed by atoms with Crippen molar-refractivity contribution in [2.45, 2.75) is 13.8 Å². The van der Waals surface area contributed by atoms with Gasteiger partial charge in [-0.05, 0) is 19.4 Å². The molecule has 0 aliphatic carbocycles. The Morgan fingerprint density at radius 3 is 2.50 bits per heavy atom. The van der Waals surface area contributed by atoms with Gasteiger partial charge in [-0.3, -0.25) is 0 Å². The van der Waals surface area contributed by atoms with E-state index in [1.165, 1.54) is 11.1 Å². The molecule has 0 bridgehead atoms. The number of anilines is 1. The second kappa shape index (κ2) is 4.99. The first-order valence-electron chi connectivity index (χ1n) is 7.90. The third-order valence-electron chi connectivity index (χ3n) is 4.49. The van der Waals surface area contributed by atoms with Crippen LogP contribution in [-0.2, 0) is 7.05 Å². The van der Waals surface area contributed by atoms with E-state index < -0.39 is 0 Å². The van der Waals surface area contributed by atoms with Gasteiger partial charge in [0.05, 0.1) is 22.1 Å². The maximum absolute atomic E-state index is 10.2. The first-order valence-corrected chi connectivity index (χ1v) is 7.90. The number of hydrogen-bond donors (Lipinski definition) is 2. The van der Waals surface area contributed by atoms with Crippen LogP contribution in [0, 0.1) is 13.8 Å². The Morgan fingerprint density at radius 1 is 1.08 bits per heavy atom. The lowest BCUT2D eigenvalue weighted by molar-refractivity contribution is 0.438. The number of pyridine rings is 1. The van der Waals surface area contributed by atoms with E-state index in [-0.39, 0.29) is 5.88 Å². The molecule has 0 fully saturated rings. The highest BCUT2D eigenvalue weighted by Crippen LogP contribution is 2.38. The molecule has 120 valence electrons. The summed E-state index contributed by atoms with van der Waals surface area (Å²) in [5.74, 6) is 0.147. The summed E-state index contributed by atoms with van der Waals surface area (Å²) in [5.41, 5.74) is 13.1. The summed E-state index contributed by atoms with van der Waals surface area (Å²) in [6, 6.07) is 12.5. The molecule has 0 amide bonds. The van der Waals surface area contributed by atoms with Crippen molar-refractivity contribution < 1.29 is 5.11 Å². The fourth-order valence-corrected chi connectivity index (χ4v) is 3.44. The maximum Gasteiger partial charge on any atom is 0.202 e. The van der Waals surface area contributed by atoms with E-state index in [0.29, 0.717) is 16.6 Å². The Bertz CT molecular complexity index is 1090. The van der Waals surface area contributed by atoms with Crippen LogP contribution in [0.3, 0.4) is 0 Å². The fraction of sp³-hybridized carbons (Fsp3) is 0.150. The normalized spacial score (nSPS) is 11.5. The molecule has 0 aliphatic heterocycles. The zero-order valence-electron chi connectivity index (χ0n) is 14.0. The number of nitrogens with two attached hydrogens (primary N) is 1. The Labute approximate surface area is 140 Å². The highest BCUT2D eigenvalue weighted by Gasteiger charge is 2.16. The van der Waals surface area contributed by atoms with Gasteiger partial charge in [0.15, 0.2) is 0 Å². The molecule has 4 nitrogen and oxygen atoms in total. The van der Waals surface area contributed by atoms with E-state index in [4.69, 9.17) is 10.7 Å². The van der Waals surface area contributed by atoms with Crippen molar-refractivity contribution in [1.29, 1.82) is 0 Å². The number of nitrogens with zero attached hydrogens (tertiary/aromatic N) is 2. The third kappa shape index (κ3) is 2.03. The van der Waals surface area contributed by atoms with Crippen LogP contribution in [0.15, 0.2) is 42.6 Å². The number of nitrogen functional groups attached to an aromatic ring is 1. The zero-order valence-corrected chi connectivity index (χ0v) is 14.0. The van der Waals surface area contributed by atoms with Crippen LogP contribution >= 0.6 is 0 Å². The zero-order chi connectivity index (χ0) is 17.0. The lowest BCUT2D eigenvalue weighted by atomic mass is 9.97. The summed E-state index contributed by atoms with van der Waals surface area (Å²) in [4.78, 5) is 4.80. The van der Waals surface area contributed by atoms with Gasteiger partial charge in [-0.2, -0.15) is 0 Å². The monoisotopic (exact) mass is 317 g/mol. The standard InChI is InChI=1S/C20H19N3O/c1-11-7-12(2)9-13(8-11)14-5-4-6-15-18(21)17-16(22-19(14)15)10-23(3)20(17)24/h4-10,24H,21H2,1-3H3. The Balaban J connectivity index is 2.13. The van der Waals surface area contributed by atoms with Crippen LogP contribution in [0.5, 0.6) is 5.88 Å². The van der Waals surface area contributed by atoms with Crippen molar-refractivity contribution >= 4 is 27.5 Å². The molecular formula is C20H19N3O. The van der Waals surface area contributed by atoms with Crippen LogP contribution < -0.4 is 5.73 Å². The minimum Gasteiger partial charge on any atom is -0.494 e. The fourth-order valence-electron chi connectivity index (χ4n) is 3.44. The topological polar surface area (TPSA) is 64.1 Å². The van der Waals surface area contributed by atoms with Gasteiger partial charge in [0.1, 0.15) is 0 Å². The SMILES string of the molecule is Cc1cc(C)cc(-c2cccc3c(N)c4c(O)n(C)cc4nc23)c1. The molecule has 0 spiro atoms. The Hall–Kier alpha value is -3.01. The number of hydrogen-bond acceptors (Lipinski definition) is 3. The van der Waals surface area contributed by atoms with Crippen molar-refractivity contribution in [3.05, 3.63) is 53.7 Å². The van der Waals surface area contributed by atoms with E-state index in [9.17, 15) is 5.11 Å². The van der Waals surface area contributed by atoms with E-state index in [2.05, 4.69) is 38.1 Å². The van der Waals surface area contributed by atoms with Gasteiger partial charge in [0.25, 0.3) is 0 Å². The van der Waals surface area contributed by atoms with E-state index in [1.807, 2.05) is 12.1 Å². The van der Waals surface area contributed by atoms with E-state index in [1.54, 1.807) is 17.8 Å². The van der Waals surface area contributed by atoms with Crippen LogP contribution in [0.2, 0.25) is 0 Å². The van der Waals surface area contributed by atoms with Gasteiger partial charge in [-0.1, -0.05) is 47.5 Å². The smallest absolute Gasteiger partial charge is 0.202 e. The Kier molecular flexibility index (Phi) is 3.03. The molecule has 4 heteroatoms. The largest absolute Gasteiger partial charge is 0.494 e. The molecule has 0 saturated heterocycles. The van der Waals surface area contributed by atoms with Crippen LogP contribution in [0.1, 0.15) is 11.1 Å².